The minimum Gasteiger partial charge on any atom is -0.346 e. The summed E-state index contributed by atoms with van der Waals surface area (Å²) in [5.41, 5.74) is 4.19. The van der Waals surface area contributed by atoms with Crippen LogP contribution in [0.5, 0.6) is 0 Å². The van der Waals surface area contributed by atoms with Crippen LogP contribution in [0.1, 0.15) is 21.5 Å². The summed E-state index contributed by atoms with van der Waals surface area (Å²) in [5.74, 6) is 0. The molecule has 4 heteroatoms. The van der Waals surface area contributed by atoms with Gasteiger partial charge in [0.1, 0.15) is 11.3 Å². The van der Waals surface area contributed by atoms with E-state index in [1.54, 1.807) is 0 Å². The molecule has 0 atom stereocenters. The van der Waals surface area contributed by atoms with E-state index in [0.29, 0.717) is 0 Å². The molecular formula is C17H24N4. The van der Waals surface area contributed by atoms with Gasteiger partial charge in [-0.1, -0.05) is 7.43 Å². The van der Waals surface area contributed by atoms with E-state index >= 15 is 0 Å². The van der Waals surface area contributed by atoms with Gasteiger partial charge in [0, 0.05) is 37.9 Å². The Balaban J connectivity index is 0.000000372. The van der Waals surface area contributed by atoms with Crippen molar-refractivity contribution in [3.05, 3.63) is 60.2 Å². The fourth-order valence-electron chi connectivity index (χ4n) is 2.08. The number of hydrogen-bond donors (Lipinski definition) is 2. The van der Waals surface area contributed by atoms with Gasteiger partial charge in [-0.3, -0.25) is 0 Å². The molecule has 4 heterocycles. The quantitative estimate of drug-likeness (QED) is 0.484. The number of aryl methyl sites for hydroxylation is 2. The maximum absolute atomic E-state index is 4.28. The molecule has 2 N–H and O–H groups in total. The molecule has 4 rings (SSSR count). The molecule has 0 saturated carbocycles. The maximum atomic E-state index is 4.28. The van der Waals surface area contributed by atoms with Crippen LogP contribution in [0.25, 0.3) is 22.1 Å². The van der Waals surface area contributed by atoms with Gasteiger partial charge in [-0.2, -0.15) is 0 Å². The Morgan fingerprint density at radius 2 is 1.62 bits per heavy atom. The van der Waals surface area contributed by atoms with Gasteiger partial charge in [0.15, 0.2) is 0 Å². The van der Waals surface area contributed by atoms with Crippen molar-refractivity contribution in [2.45, 2.75) is 21.3 Å². The highest BCUT2D eigenvalue weighted by Crippen LogP contribution is 2.10. The molecule has 4 aromatic heterocycles. The number of nitrogens with zero attached hydrogens (tertiary/aromatic N) is 2. The lowest BCUT2D eigenvalue weighted by molar-refractivity contribution is 1.22. The summed E-state index contributed by atoms with van der Waals surface area (Å²) in [6.07, 6.45) is 5.66. The third-order valence-corrected chi connectivity index (χ3v) is 3.09. The topological polar surface area (TPSA) is 57.4 Å². The van der Waals surface area contributed by atoms with Gasteiger partial charge < -0.3 is 9.97 Å². The molecule has 112 valence electrons. The lowest BCUT2D eigenvalue weighted by Crippen LogP contribution is -1.79. The van der Waals surface area contributed by atoms with E-state index in [-0.39, 0.29) is 10.3 Å². The zero-order valence-electron chi connectivity index (χ0n) is 11.5. The number of aromatic nitrogens is 4. The number of rotatable bonds is 0. The third-order valence-electron chi connectivity index (χ3n) is 3.09. The van der Waals surface area contributed by atoms with Gasteiger partial charge >= 0.3 is 0 Å². The molecule has 21 heavy (non-hydrogen) atoms. The molecule has 0 radical (unpaired) electrons. The van der Waals surface area contributed by atoms with Crippen molar-refractivity contribution in [2.75, 3.05) is 0 Å². The second-order valence-corrected chi connectivity index (χ2v) is 4.80. The van der Waals surface area contributed by atoms with Crippen LogP contribution in [0.2, 0.25) is 0 Å². The molecule has 0 bridgehead atoms. The Kier molecular flexibility index (Phi) is 4.38. The van der Waals surface area contributed by atoms with Gasteiger partial charge in [-0.05, 0) is 49.7 Å². The summed E-state index contributed by atoms with van der Waals surface area (Å²) in [7, 11) is 0. The van der Waals surface area contributed by atoms with E-state index in [1.165, 1.54) is 16.3 Å². The molecular weight excluding hydrogens is 260 g/mol. The number of H-pyrrole nitrogens is 2. The van der Waals surface area contributed by atoms with Crippen molar-refractivity contribution in [1.82, 2.24) is 19.9 Å². The highest BCUT2D eigenvalue weighted by Gasteiger charge is 1.93. The molecule has 0 aliphatic heterocycles. The first-order valence-corrected chi connectivity index (χ1v) is 6.53. The van der Waals surface area contributed by atoms with Crippen molar-refractivity contribution >= 4 is 22.1 Å². The molecule has 0 saturated heterocycles. The molecule has 0 spiro atoms. The lowest BCUT2D eigenvalue weighted by atomic mass is 10.2. The minimum absolute atomic E-state index is 0. The first-order valence-electron chi connectivity index (χ1n) is 6.53. The molecule has 0 fully saturated rings. The average molecular weight is 284 g/mol. The van der Waals surface area contributed by atoms with Crippen molar-refractivity contribution in [3.8, 4) is 0 Å². The van der Waals surface area contributed by atoms with Crippen LogP contribution in [0.3, 0.4) is 0 Å². The van der Waals surface area contributed by atoms with Crippen LogP contribution in [-0.4, -0.2) is 19.9 Å². The fraction of sp³-hybridized carbons (Fsp3) is 0.176. The second kappa shape index (κ2) is 6.22. The van der Waals surface area contributed by atoms with E-state index < -0.39 is 0 Å². The molecule has 0 aromatic carbocycles. The monoisotopic (exact) mass is 284 g/mol. The smallest absolute Gasteiger partial charge is 0.137 e. The van der Waals surface area contributed by atoms with Gasteiger partial charge in [0.2, 0.25) is 0 Å². The van der Waals surface area contributed by atoms with Gasteiger partial charge in [0.25, 0.3) is 0 Å². The summed E-state index contributed by atoms with van der Waals surface area (Å²) in [5, 5.41) is 2.35. The Morgan fingerprint density at radius 1 is 0.905 bits per heavy atom. The molecule has 4 nitrogen and oxygen atoms in total. The van der Waals surface area contributed by atoms with Crippen molar-refractivity contribution < 1.29 is 2.85 Å². The number of pyridine rings is 2. The zero-order chi connectivity index (χ0) is 13.9. The number of fused-ring (bicyclic) bond motifs is 2. The maximum Gasteiger partial charge on any atom is 0.137 e. The predicted octanol–water partition coefficient (Wildman–Crippen LogP) is 4.87. The molecule has 0 aliphatic rings. The highest BCUT2D eigenvalue weighted by molar-refractivity contribution is 5.75. The Morgan fingerprint density at radius 3 is 2.43 bits per heavy atom. The largest absolute Gasteiger partial charge is 0.346 e. The summed E-state index contributed by atoms with van der Waals surface area (Å²) < 4.78 is 0. The van der Waals surface area contributed by atoms with Gasteiger partial charge in [-0.25, -0.2) is 9.97 Å². The fourth-order valence-corrected chi connectivity index (χ4v) is 2.08. The Bertz CT molecular complexity index is 780. The third kappa shape index (κ3) is 3.28. The highest BCUT2D eigenvalue weighted by atomic mass is 14.8. The lowest BCUT2D eigenvalue weighted by Gasteiger charge is -1.89. The first kappa shape index (κ1) is 14.8. The second-order valence-electron chi connectivity index (χ2n) is 4.80. The Labute approximate surface area is 127 Å². The number of hydrogen-bond acceptors (Lipinski definition) is 2. The molecule has 0 aliphatic carbocycles. The van der Waals surface area contributed by atoms with Gasteiger partial charge in [-0.15, -0.1) is 0 Å². The standard InChI is InChI=1S/2C8H8N2.CH4.2H2/c1-6-4-7-2-3-9-8(7)10-5-6;1-6-2-3-7-4-5-9-8(7)10-6;;;/h2*2-5H,1H3,(H,9,10);1H4;2*1H. The van der Waals surface area contributed by atoms with E-state index in [4.69, 9.17) is 0 Å². The minimum atomic E-state index is 0. The predicted molar refractivity (Wildman–Crippen MR) is 92.6 cm³/mol. The number of aromatic amines is 2. The summed E-state index contributed by atoms with van der Waals surface area (Å²) in [4.78, 5) is 14.6. The molecule has 0 amide bonds. The van der Waals surface area contributed by atoms with Crippen LogP contribution in [0.15, 0.2) is 48.9 Å². The molecule has 4 aromatic rings. The first-order chi connectivity index (χ1) is 9.72. The SMILES string of the molecule is C.Cc1ccc2cc[nH]c2n1.Cc1cnc2[nH]ccc2c1.[HH].[HH]. The molecule has 0 unspecified atom stereocenters. The van der Waals surface area contributed by atoms with Crippen LogP contribution < -0.4 is 0 Å². The number of nitrogens with one attached hydrogen (secondary N) is 2. The van der Waals surface area contributed by atoms with Crippen molar-refractivity contribution in [1.29, 1.82) is 0 Å². The summed E-state index contributed by atoms with van der Waals surface area (Å²) in [6, 6.07) is 10.2. The summed E-state index contributed by atoms with van der Waals surface area (Å²) >= 11 is 0. The van der Waals surface area contributed by atoms with Crippen LogP contribution >= 0.6 is 0 Å². The normalized spacial score (nSPS) is 10.0. The van der Waals surface area contributed by atoms with E-state index in [1.807, 2.05) is 50.6 Å². The van der Waals surface area contributed by atoms with Crippen molar-refractivity contribution in [2.24, 2.45) is 0 Å². The van der Waals surface area contributed by atoms with E-state index in [0.717, 1.165) is 17.0 Å². The van der Waals surface area contributed by atoms with E-state index in [2.05, 4.69) is 32.1 Å². The van der Waals surface area contributed by atoms with Gasteiger partial charge in [0.05, 0.1) is 0 Å². The zero-order valence-corrected chi connectivity index (χ0v) is 11.5. The van der Waals surface area contributed by atoms with Crippen molar-refractivity contribution in [3.63, 3.8) is 0 Å². The van der Waals surface area contributed by atoms with Crippen LogP contribution in [0, 0.1) is 13.8 Å². The summed E-state index contributed by atoms with van der Waals surface area (Å²) in [6.45, 7) is 4.03. The van der Waals surface area contributed by atoms with E-state index in [9.17, 15) is 0 Å². The van der Waals surface area contributed by atoms with Crippen LogP contribution in [0.4, 0.5) is 0 Å². The average Bonchev–Trinajstić information content (AvgIpc) is 3.06. The Hall–Kier alpha value is -2.62. The van der Waals surface area contributed by atoms with Crippen LogP contribution in [-0.2, 0) is 0 Å².